The van der Waals surface area contributed by atoms with Crippen LogP contribution in [0.15, 0.2) is 0 Å². The van der Waals surface area contributed by atoms with Crippen LogP contribution < -0.4 is 16.9 Å². The van der Waals surface area contributed by atoms with E-state index in [2.05, 4.69) is 5.32 Å². The Morgan fingerprint density at radius 3 is 1.94 bits per heavy atom. The molecule has 0 aliphatic carbocycles. The van der Waals surface area contributed by atoms with Crippen LogP contribution in [0.4, 0.5) is 0 Å². The lowest BCUT2D eigenvalue weighted by Gasteiger charge is -2.48. The van der Waals surface area contributed by atoms with E-state index in [4.69, 9.17) is 11.6 Å². The standard InChI is InChI=1S/C11H22N4O2/c1-10(2)5-7(6-11(3,4)14-10)15(13)9(17)8(12)16/h7,14H,5-6,13H2,1-4H3,(H2,12,16). The molecular weight excluding hydrogens is 220 g/mol. The summed E-state index contributed by atoms with van der Waals surface area (Å²) in [5, 5.41) is 4.45. The minimum atomic E-state index is -1.01. The van der Waals surface area contributed by atoms with Gasteiger partial charge in [-0.25, -0.2) is 5.84 Å². The first-order valence-corrected chi connectivity index (χ1v) is 5.71. The molecule has 0 bridgehead atoms. The number of piperidine rings is 1. The van der Waals surface area contributed by atoms with Crippen LogP contribution in [0, 0.1) is 0 Å². The zero-order chi connectivity index (χ0) is 13.4. The van der Waals surface area contributed by atoms with E-state index < -0.39 is 11.8 Å². The van der Waals surface area contributed by atoms with Crippen LogP contribution in [0.2, 0.25) is 0 Å². The summed E-state index contributed by atoms with van der Waals surface area (Å²) in [5.74, 6) is 3.85. The van der Waals surface area contributed by atoms with Crippen molar-refractivity contribution in [3.63, 3.8) is 0 Å². The average Bonchev–Trinajstić information content (AvgIpc) is 2.10. The van der Waals surface area contributed by atoms with E-state index in [9.17, 15) is 9.59 Å². The maximum Gasteiger partial charge on any atom is 0.325 e. The maximum absolute atomic E-state index is 11.5. The number of carbonyl (C=O) groups excluding carboxylic acids is 2. The molecule has 0 aromatic carbocycles. The largest absolute Gasteiger partial charge is 0.361 e. The summed E-state index contributed by atoms with van der Waals surface area (Å²) in [6.07, 6.45) is 1.37. The predicted molar refractivity (Wildman–Crippen MR) is 64.5 cm³/mol. The molecule has 6 nitrogen and oxygen atoms in total. The highest BCUT2D eigenvalue weighted by molar-refractivity contribution is 6.34. The molecule has 5 N–H and O–H groups in total. The predicted octanol–water partition coefficient (Wildman–Crippen LogP) is -0.517. The zero-order valence-corrected chi connectivity index (χ0v) is 10.9. The molecule has 1 aliphatic rings. The van der Waals surface area contributed by atoms with Crippen LogP contribution in [0.1, 0.15) is 40.5 Å². The topological polar surface area (TPSA) is 101 Å². The highest BCUT2D eigenvalue weighted by Gasteiger charge is 2.41. The molecule has 0 radical (unpaired) electrons. The lowest BCUT2D eigenvalue weighted by Crippen LogP contribution is -2.64. The van der Waals surface area contributed by atoms with Gasteiger partial charge in [0.1, 0.15) is 0 Å². The lowest BCUT2D eigenvalue weighted by molar-refractivity contribution is -0.147. The second-order valence-corrected chi connectivity index (χ2v) is 6.03. The van der Waals surface area contributed by atoms with Crippen molar-refractivity contribution >= 4 is 11.8 Å². The summed E-state index contributed by atoms with van der Waals surface area (Å²) in [7, 11) is 0. The number of hydrogen-bond acceptors (Lipinski definition) is 4. The summed E-state index contributed by atoms with van der Waals surface area (Å²) in [5.41, 5.74) is 4.68. The highest BCUT2D eigenvalue weighted by Crippen LogP contribution is 2.30. The van der Waals surface area contributed by atoms with Crippen molar-refractivity contribution < 1.29 is 9.59 Å². The smallest absolute Gasteiger partial charge is 0.325 e. The van der Waals surface area contributed by atoms with E-state index in [1.165, 1.54) is 0 Å². The van der Waals surface area contributed by atoms with Crippen molar-refractivity contribution in [1.29, 1.82) is 0 Å². The number of rotatable bonds is 1. The first kappa shape index (κ1) is 13.9. The average molecular weight is 242 g/mol. The Labute approximate surface area is 102 Å². The van der Waals surface area contributed by atoms with Gasteiger partial charge in [-0.3, -0.25) is 14.6 Å². The molecule has 0 aromatic rings. The Hall–Kier alpha value is -1.14. The summed E-state index contributed by atoms with van der Waals surface area (Å²) in [4.78, 5) is 22.3. The molecule has 0 saturated carbocycles. The monoisotopic (exact) mass is 242 g/mol. The molecule has 1 aliphatic heterocycles. The first-order chi connectivity index (χ1) is 7.54. The van der Waals surface area contributed by atoms with Crippen LogP contribution in [0.25, 0.3) is 0 Å². The number of hydrogen-bond donors (Lipinski definition) is 3. The normalized spacial score (nSPS) is 23.1. The van der Waals surface area contributed by atoms with Crippen LogP contribution in [-0.2, 0) is 9.59 Å². The SMILES string of the molecule is CC1(C)CC(N(N)C(=O)C(N)=O)CC(C)(C)N1. The van der Waals surface area contributed by atoms with Gasteiger partial charge in [-0.2, -0.15) is 0 Å². The third kappa shape index (κ3) is 3.41. The lowest BCUT2D eigenvalue weighted by atomic mass is 9.79. The van der Waals surface area contributed by atoms with Crippen molar-refractivity contribution in [2.75, 3.05) is 0 Å². The molecule has 0 unspecified atom stereocenters. The third-order valence-corrected chi connectivity index (χ3v) is 3.01. The number of nitrogens with zero attached hydrogens (tertiary/aromatic N) is 1. The van der Waals surface area contributed by atoms with Crippen LogP contribution >= 0.6 is 0 Å². The molecule has 0 spiro atoms. The number of nitrogens with two attached hydrogens (primary N) is 2. The number of amides is 2. The van der Waals surface area contributed by atoms with Crippen molar-refractivity contribution in [2.45, 2.75) is 57.7 Å². The van der Waals surface area contributed by atoms with Gasteiger partial charge in [-0.15, -0.1) is 0 Å². The molecule has 17 heavy (non-hydrogen) atoms. The van der Waals surface area contributed by atoms with Crippen molar-refractivity contribution in [1.82, 2.24) is 10.3 Å². The van der Waals surface area contributed by atoms with Crippen LogP contribution in [-0.4, -0.2) is 33.9 Å². The molecule has 1 saturated heterocycles. The van der Waals surface area contributed by atoms with Gasteiger partial charge in [0.15, 0.2) is 0 Å². The van der Waals surface area contributed by atoms with E-state index >= 15 is 0 Å². The van der Waals surface area contributed by atoms with Crippen molar-refractivity contribution in [3.05, 3.63) is 0 Å². The number of carbonyl (C=O) groups is 2. The van der Waals surface area contributed by atoms with Gasteiger partial charge in [0.05, 0.1) is 6.04 Å². The van der Waals surface area contributed by atoms with Gasteiger partial charge in [0.2, 0.25) is 0 Å². The molecule has 1 heterocycles. The van der Waals surface area contributed by atoms with Gasteiger partial charge in [0, 0.05) is 11.1 Å². The summed E-state index contributed by atoms with van der Waals surface area (Å²) in [6.45, 7) is 8.18. The molecule has 1 rings (SSSR count). The fourth-order valence-electron chi connectivity index (χ4n) is 2.76. The minimum Gasteiger partial charge on any atom is -0.361 e. The Bertz CT molecular complexity index is 322. The maximum atomic E-state index is 11.5. The second-order valence-electron chi connectivity index (χ2n) is 6.03. The van der Waals surface area contributed by atoms with Gasteiger partial charge < -0.3 is 11.1 Å². The molecular formula is C11H22N4O2. The van der Waals surface area contributed by atoms with E-state index in [1.54, 1.807) is 0 Å². The fourth-order valence-corrected chi connectivity index (χ4v) is 2.76. The number of primary amides is 1. The highest BCUT2D eigenvalue weighted by atomic mass is 16.2. The van der Waals surface area contributed by atoms with Crippen molar-refractivity contribution in [2.24, 2.45) is 11.6 Å². The molecule has 6 heteroatoms. The van der Waals surface area contributed by atoms with E-state index in [0.717, 1.165) is 5.01 Å². The van der Waals surface area contributed by atoms with Crippen molar-refractivity contribution in [3.8, 4) is 0 Å². The van der Waals surface area contributed by atoms with Gasteiger partial charge in [0.25, 0.3) is 0 Å². The molecule has 1 fully saturated rings. The first-order valence-electron chi connectivity index (χ1n) is 5.71. The van der Waals surface area contributed by atoms with Gasteiger partial charge in [-0.1, -0.05) is 0 Å². The molecule has 98 valence electrons. The quantitative estimate of drug-likeness (QED) is 0.249. The molecule has 0 atom stereocenters. The van der Waals surface area contributed by atoms with Gasteiger partial charge in [-0.05, 0) is 40.5 Å². The fraction of sp³-hybridized carbons (Fsp3) is 0.818. The zero-order valence-electron chi connectivity index (χ0n) is 10.9. The Kier molecular flexibility index (Phi) is 3.50. The van der Waals surface area contributed by atoms with Gasteiger partial charge >= 0.3 is 11.8 Å². The Morgan fingerprint density at radius 1 is 1.18 bits per heavy atom. The summed E-state index contributed by atoms with van der Waals surface area (Å²) < 4.78 is 0. The molecule has 2 amide bonds. The number of hydrazine groups is 1. The summed E-state index contributed by atoms with van der Waals surface area (Å²) in [6, 6.07) is -0.179. The Balaban J connectivity index is 2.84. The van der Waals surface area contributed by atoms with E-state index in [0.29, 0.717) is 12.8 Å². The Morgan fingerprint density at radius 2 is 1.59 bits per heavy atom. The van der Waals surface area contributed by atoms with E-state index in [1.807, 2.05) is 27.7 Å². The third-order valence-electron chi connectivity index (χ3n) is 3.01. The summed E-state index contributed by atoms with van der Waals surface area (Å²) >= 11 is 0. The molecule has 0 aromatic heterocycles. The van der Waals surface area contributed by atoms with Crippen LogP contribution in [0.5, 0.6) is 0 Å². The van der Waals surface area contributed by atoms with Crippen LogP contribution in [0.3, 0.4) is 0 Å². The van der Waals surface area contributed by atoms with E-state index in [-0.39, 0.29) is 17.1 Å². The number of nitrogens with one attached hydrogen (secondary N) is 1. The minimum absolute atomic E-state index is 0.137. The second kappa shape index (κ2) is 4.27.